The van der Waals surface area contributed by atoms with Gasteiger partial charge in [0.05, 0.1) is 6.26 Å². The third-order valence-electron chi connectivity index (χ3n) is 2.93. The van der Waals surface area contributed by atoms with Crippen molar-refractivity contribution in [1.82, 2.24) is 4.72 Å². The summed E-state index contributed by atoms with van der Waals surface area (Å²) in [5.74, 6) is 1.16. The molecule has 1 aliphatic rings. The molecule has 4 nitrogen and oxygen atoms in total. The molecule has 0 spiro atoms. The number of hydrogen-bond acceptors (Lipinski definition) is 3. The summed E-state index contributed by atoms with van der Waals surface area (Å²) >= 11 is 0. The van der Waals surface area contributed by atoms with Crippen molar-refractivity contribution >= 4 is 22.4 Å². The molecule has 0 aliphatic heterocycles. The molecule has 1 fully saturated rings. The van der Waals surface area contributed by atoms with Crippen molar-refractivity contribution in [2.24, 2.45) is 17.6 Å². The van der Waals surface area contributed by atoms with E-state index in [4.69, 9.17) is 5.73 Å². The SMILES string of the molecule is CS(=O)(=O)NCC1CCC(CN)CC1.Cl. The van der Waals surface area contributed by atoms with Crippen LogP contribution in [0.5, 0.6) is 0 Å². The third kappa shape index (κ3) is 6.35. The van der Waals surface area contributed by atoms with E-state index >= 15 is 0 Å². The van der Waals surface area contributed by atoms with Gasteiger partial charge in [0.25, 0.3) is 0 Å². The van der Waals surface area contributed by atoms with Crippen molar-refractivity contribution in [2.75, 3.05) is 19.3 Å². The lowest BCUT2D eigenvalue weighted by Gasteiger charge is -2.27. The molecule has 0 aromatic rings. The van der Waals surface area contributed by atoms with Crippen molar-refractivity contribution in [3.8, 4) is 0 Å². The van der Waals surface area contributed by atoms with E-state index in [0.717, 1.165) is 32.2 Å². The summed E-state index contributed by atoms with van der Waals surface area (Å²) in [5, 5.41) is 0. The molecule has 0 unspecified atom stereocenters. The summed E-state index contributed by atoms with van der Waals surface area (Å²) in [4.78, 5) is 0. The highest BCUT2D eigenvalue weighted by atomic mass is 35.5. The minimum absolute atomic E-state index is 0. The Morgan fingerprint density at radius 2 is 1.67 bits per heavy atom. The fourth-order valence-corrected chi connectivity index (χ4v) is 2.48. The molecule has 0 aromatic carbocycles. The summed E-state index contributed by atoms with van der Waals surface area (Å²) in [7, 11) is -3.02. The lowest BCUT2D eigenvalue weighted by atomic mass is 9.82. The topological polar surface area (TPSA) is 72.2 Å². The first-order chi connectivity index (χ1) is 6.51. The summed E-state index contributed by atoms with van der Waals surface area (Å²) in [6, 6.07) is 0. The van der Waals surface area contributed by atoms with Crippen LogP contribution in [0.1, 0.15) is 25.7 Å². The van der Waals surface area contributed by atoms with Gasteiger partial charge in [0.1, 0.15) is 0 Å². The molecule has 92 valence electrons. The van der Waals surface area contributed by atoms with Crippen LogP contribution in [0.15, 0.2) is 0 Å². The Morgan fingerprint density at radius 1 is 1.20 bits per heavy atom. The molecule has 1 saturated carbocycles. The zero-order valence-electron chi connectivity index (χ0n) is 9.11. The summed E-state index contributed by atoms with van der Waals surface area (Å²) in [5.41, 5.74) is 5.58. The standard InChI is InChI=1S/C9H20N2O2S.ClH/c1-14(12,13)11-7-9-4-2-8(6-10)3-5-9;/h8-9,11H,2-7,10H2,1H3;1H. The molecule has 0 atom stereocenters. The molecule has 1 rings (SSSR count). The normalized spacial score (nSPS) is 27.1. The van der Waals surface area contributed by atoms with Gasteiger partial charge in [0.15, 0.2) is 0 Å². The Morgan fingerprint density at radius 3 is 2.07 bits per heavy atom. The van der Waals surface area contributed by atoms with E-state index in [-0.39, 0.29) is 12.4 Å². The Balaban J connectivity index is 0.00000196. The van der Waals surface area contributed by atoms with Crippen LogP contribution in [0.25, 0.3) is 0 Å². The number of nitrogens with one attached hydrogen (secondary N) is 1. The maximum absolute atomic E-state index is 10.9. The lowest BCUT2D eigenvalue weighted by molar-refractivity contribution is 0.280. The maximum Gasteiger partial charge on any atom is 0.208 e. The molecule has 15 heavy (non-hydrogen) atoms. The third-order valence-corrected chi connectivity index (χ3v) is 3.62. The van der Waals surface area contributed by atoms with Crippen LogP contribution in [0, 0.1) is 11.8 Å². The van der Waals surface area contributed by atoms with Gasteiger partial charge in [-0.25, -0.2) is 13.1 Å². The zero-order chi connectivity index (χ0) is 10.6. The molecule has 0 radical (unpaired) electrons. The highest BCUT2D eigenvalue weighted by molar-refractivity contribution is 7.88. The number of halogens is 1. The quantitative estimate of drug-likeness (QED) is 0.779. The average molecular weight is 257 g/mol. The van der Waals surface area contributed by atoms with Crippen LogP contribution in [0.4, 0.5) is 0 Å². The molecular formula is C9H21ClN2O2S. The predicted molar refractivity (Wildman–Crippen MR) is 64.6 cm³/mol. The Bertz CT molecular complexity index is 261. The molecule has 0 heterocycles. The fourth-order valence-electron chi connectivity index (χ4n) is 1.94. The number of rotatable bonds is 4. The van der Waals surface area contributed by atoms with Crippen LogP contribution in [0.3, 0.4) is 0 Å². The Hall–Kier alpha value is 0.160. The molecule has 6 heteroatoms. The minimum atomic E-state index is -3.02. The zero-order valence-corrected chi connectivity index (χ0v) is 10.7. The van der Waals surface area contributed by atoms with E-state index in [1.54, 1.807) is 0 Å². The van der Waals surface area contributed by atoms with Gasteiger partial charge in [0.2, 0.25) is 10.0 Å². The van der Waals surface area contributed by atoms with E-state index in [0.29, 0.717) is 18.4 Å². The van der Waals surface area contributed by atoms with E-state index < -0.39 is 10.0 Å². The first kappa shape index (κ1) is 15.2. The molecule has 0 amide bonds. The van der Waals surface area contributed by atoms with Gasteiger partial charge in [0, 0.05) is 6.54 Å². The second kappa shape index (κ2) is 6.68. The van der Waals surface area contributed by atoms with Crippen LogP contribution < -0.4 is 10.5 Å². The summed E-state index contributed by atoms with van der Waals surface area (Å²) in [6.45, 7) is 1.36. The molecule has 0 saturated heterocycles. The van der Waals surface area contributed by atoms with Crippen LogP contribution >= 0.6 is 12.4 Å². The molecular weight excluding hydrogens is 236 g/mol. The highest BCUT2D eigenvalue weighted by Gasteiger charge is 2.20. The van der Waals surface area contributed by atoms with E-state index in [9.17, 15) is 8.42 Å². The fraction of sp³-hybridized carbons (Fsp3) is 1.00. The average Bonchev–Trinajstić information content (AvgIpc) is 2.14. The van der Waals surface area contributed by atoms with E-state index in [2.05, 4.69) is 4.72 Å². The van der Waals surface area contributed by atoms with Crippen molar-refractivity contribution in [2.45, 2.75) is 25.7 Å². The largest absolute Gasteiger partial charge is 0.330 e. The smallest absolute Gasteiger partial charge is 0.208 e. The summed E-state index contributed by atoms with van der Waals surface area (Å²) in [6.07, 6.45) is 5.70. The molecule has 0 bridgehead atoms. The number of hydrogen-bond donors (Lipinski definition) is 2. The van der Waals surface area contributed by atoms with Crippen molar-refractivity contribution in [3.63, 3.8) is 0 Å². The van der Waals surface area contributed by atoms with Gasteiger partial charge >= 0.3 is 0 Å². The van der Waals surface area contributed by atoms with Gasteiger partial charge in [-0.3, -0.25) is 0 Å². The highest BCUT2D eigenvalue weighted by Crippen LogP contribution is 2.27. The first-order valence-electron chi connectivity index (χ1n) is 5.16. The first-order valence-corrected chi connectivity index (χ1v) is 7.05. The molecule has 3 N–H and O–H groups in total. The Kier molecular flexibility index (Phi) is 6.75. The van der Waals surface area contributed by atoms with Crippen LogP contribution in [0.2, 0.25) is 0 Å². The minimum Gasteiger partial charge on any atom is -0.330 e. The predicted octanol–water partition coefficient (Wildman–Crippen LogP) is 0.722. The van der Waals surface area contributed by atoms with Crippen molar-refractivity contribution in [3.05, 3.63) is 0 Å². The van der Waals surface area contributed by atoms with Crippen molar-refractivity contribution < 1.29 is 8.42 Å². The van der Waals surface area contributed by atoms with Crippen LogP contribution in [-0.4, -0.2) is 27.8 Å². The second-order valence-electron chi connectivity index (χ2n) is 4.24. The number of sulfonamides is 1. The monoisotopic (exact) mass is 256 g/mol. The van der Waals surface area contributed by atoms with Crippen molar-refractivity contribution in [1.29, 1.82) is 0 Å². The molecule has 0 aromatic heterocycles. The molecule has 1 aliphatic carbocycles. The van der Waals surface area contributed by atoms with E-state index in [1.807, 2.05) is 0 Å². The Labute approximate surface area is 98.5 Å². The maximum atomic E-state index is 10.9. The van der Waals surface area contributed by atoms with Gasteiger partial charge in [-0.1, -0.05) is 0 Å². The summed E-state index contributed by atoms with van der Waals surface area (Å²) < 4.78 is 24.3. The van der Waals surface area contributed by atoms with Gasteiger partial charge in [-0.05, 0) is 44.1 Å². The van der Waals surface area contributed by atoms with Gasteiger partial charge < -0.3 is 5.73 Å². The van der Waals surface area contributed by atoms with Gasteiger partial charge in [-0.15, -0.1) is 12.4 Å². The second-order valence-corrected chi connectivity index (χ2v) is 6.08. The lowest BCUT2D eigenvalue weighted by Crippen LogP contribution is -2.31. The number of nitrogens with two attached hydrogens (primary N) is 1. The van der Waals surface area contributed by atoms with E-state index in [1.165, 1.54) is 6.26 Å². The van der Waals surface area contributed by atoms with Gasteiger partial charge in [-0.2, -0.15) is 0 Å². The van der Waals surface area contributed by atoms with Crippen LogP contribution in [-0.2, 0) is 10.0 Å².